The van der Waals surface area contributed by atoms with E-state index in [1.165, 1.54) is 0 Å². The fourth-order valence-corrected chi connectivity index (χ4v) is 2.95. The molecule has 1 aliphatic rings. The van der Waals surface area contributed by atoms with Crippen LogP contribution < -0.4 is 16.0 Å². The molecule has 4 rings (SSSR count). The van der Waals surface area contributed by atoms with Gasteiger partial charge in [0.2, 0.25) is 0 Å². The maximum absolute atomic E-state index is 12.1. The number of hydrogen-bond acceptors (Lipinski definition) is 3. The van der Waals surface area contributed by atoms with Crippen molar-refractivity contribution >= 4 is 23.3 Å². The van der Waals surface area contributed by atoms with Gasteiger partial charge in [0.1, 0.15) is 11.7 Å². The fraction of sp³-hybridized carbons (Fsp3) is 0.167. The number of rotatable bonds is 4. The van der Waals surface area contributed by atoms with Gasteiger partial charge in [0, 0.05) is 36.6 Å². The minimum atomic E-state index is -0.661. The van der Waals surface area contributed by atoms with Gasteiger partial charge in [-0.15, -0.1) is 0 Å². The molecule has 2 aromatic heterocycles. The number of anilines is 1. The SMILES string of the molecule is O=C(NCCc1cn2ccccc2n1)N[C@@H]1C(=O)Nc2ccccc21. The normalized spacial score (nSPS) is 15.7. The van der Waals surface area contributed by atoms with Crippen LogP contribution in [0.1, 0.15) is 17.3 Å². The highest BCUT2D eigenvalue weighted by atomic mass is 16.2. The Morgan fingerprint density at radius 1 is 1.20 bits per heavy atom. The number of nitrogens with one attached hydrogen (secondary N) is 3. The second-order valence-electron chi connectivity index (χ2n) is 5.86. The molecular formula is C18H17N5O2. The third-order valence-corrected chi connectivity index (χ3v) is 4.15. The van der Waals surface area contributed by atoms with E-state index in [9.17, 15) is 9.59 Å². The highest BCUT2D eigenvalue weighted by Gasteiger charge is 2.31. The Morgan fingerprint density at radius 3 is 2.92 bits per heavy atom. The van der Waals surface area contributed by atoms with Gasteiger partial charge in [-0.3, -0.25) is 4.79 Å². The van der Waals surface area contributed by atoms with E-state index in [1.807, 2.05) is 59.3 Å². The zero-order chi connectivity index (χ0) is 17.2. The average molecular weight is 335 g/mol. The van der Waals surface area contributed by atoms with Crippen LogP contribution in [0.2, 0.25) is 0 Å². The number of pyridine rings is 1. The summed E-state index contributed by atoms with van der Waals surface area (Å²) in [5.41, 5.74) is 3.29. The summed E-state index contributed by atoms with van der Waals surface area (Å²) in [6.45, 7) is 0.436. The number of urea groups is 1. The summed E-state index contributed by atoms with van der Waals surface area (Å²) in [6.07, 6.45) is 4.49. The Morgan fingerprint density at radius 2 is 2.04 bits per heavy atom. The second-order valence-corrected chi connectivity index (χ2v) is 5.86. The molecule has 3 amide bonds. The molecule has 0 aliphatic carbocycles. The van der Waals surface area contributed by atoms with E-state index in [4.69, 9.17) is 0 Å². The lowest BCUT2D eigenvalue weighted by molar-refractivity contribution is -0.117. The van der Waals surface area contributed by atoms with Crippen molar-refractivity contribution in [1.82, 2.24) is 20.0 Å². The van der Waals surface area contributed by atoms with Crippen molar-refractivity contribution in [3.8, 4) is 0 Å². The van der Waals surface area contributed by atoms with Crippen LogP contribution in [0.15, 0.2) is 54.9 Å². The second kappa shape index (κ2) is 6.27. The van der Waals surface area contributed by atoms with Crippen LogP contribution in [0.25, 0.3) is 5.65 Å². The Kier molecular flexibility index (Phi) is 3.81. The summed E-state index contributed by atoms with van der Waals surface area (Å²) in [4.78, 5) is 28.6. The number of nitrogens with zero attached hydrogens (tertiary/aromatic N) is 2. The number of carbonyl (C=O) groups excluding carboxylic acids is 2. The monoisotopic (exact) mass is 335 g/mol. The minimum absolute atomic E-state index is 0.225. The highest BCUT2D eigenvalue weighted by Crippen LogP contribution is 2.29. The Hall–Kier alpha value is -3.35. The maximum atomic E-state index is 12.1. The van der Waals surface area contributed by atoms with Crippen LogP contribution in [0.5, 0.6) is 0 Å². The predicted molar refractivity (Wildman–Crippen MR) is 93.2 cm³/mol. The molecule has 3 heterocycles. The summed E-state index contributed by atoms with van der Waals surface area (Å²) < 4.78 is 1.94. The molecule has 1 atom stereocenters. The van der Waals surface area contributed by atoms with Crippen molar-refractivity contribution in [3.63, 3.8) is 0 Å². The zero-order valence-electron chi connectivity index (χ0n) is 13.4. The van der Waals surface area contributed by atoms with Crippen LogP contribution in [-0.4, -0.2) is 27.9 Å². The number of benzene rings is 1. The van der Waals surface area contributed by atoms with E-state index in [2.05, 4.69) is 20.9 Å². The molecule has 25 heavy (non-hydrogen) atoms. The summed E-state index contributed by atoms with van der Waals surface area (Å²) in [5.74, 6) is -0.225. The van der Waals surface area contributed by atoms with Crippen LogP contribution in [0.4, 0.5) is 10.5 Å². The van der Waals surface area contributed by atoms with E-state index < -0.39 is 6.04 Å². The smallest absolute Gasteiger partial charge is 0.315 e. The molecule has 0 radical (unpaired) electrons. The number of imidazole rings is 1. The van der Waals surface area contributed by atoms with Crippen LogP contribution in [0, 0.1) is 0 Å². The van der Waals surface area contributed by atoms with Gasteiger partial charge in [0.15, 0.2) is 0 Å². The van der Waals surface area contributed by atoms with Crippen LogP contribution in [0.3, 0.4) is 0 Å². The topological polar surface area (TPSA) is 87.5 Å². The van der Waals surface area contributed by atoms with Crippen molar-refractivity contribution in [2.24, 2.45) is 0 Å². The third kappa shape index (κ3) is 3.03. The van der Waals surface area contributed by atoms with Gasteiger partial charge in [-0.25, -0.2) is 9.78 Å². The van der Waals surface area contributed by atoms with Crippen molar-refractivity contribution in [2.45, 2.75) is 12.5 Å². The summed E-state index contributed by atoms with van der Waals surface area (Å²) >= 11 is 0. The van der Waals surface area contributed by atoms with Gasteiger partial charge in [-0.05, 0) is 18.2 Å². The first kappa shape index (κ1) is 15.2. The van der Waals surface area contributed by atoms with Gasteiger partial charge < -0.3 is 20.4 Å². The lowest BCUT2D eigenvalue weighted by atomic mass is 10.1. The van der Waals surface area contributed by atoms with Crippen LogP contribution >= 0.6 is 0 Å². The summed E-state index contributed by atoms with van der Waals surface area (Å²) in [6, 6.07) is 12.1. The summed E-state index contributed by atoms with van der Waals surface area (Å²) in [7, 11) is 0. The zero-order valence-corrected chi connectivity index (χ0v) is 13.4. The minimum Gasteiger partial charge on any atom is -0.338 e. The molecule has 126 valence electrons. The fourth-order valence-electron chi connectivity index (χ4n) is 2.95. The number of para-hydroxylation sites is 1. The first-order valence-corrected chi connectivity index (χ1v) is 8.07. The molecule has 0 bridgehead atoms. The van der Waals surface area contributed by atoms with E-state index in [0.717, 1.165) is 22.6 Å². The van der Waals surface area contributed by atoms with E-state index in [1.54, 1.807) is 0 Å². The molecule has 7 nitrogen and oxygen atoms in total. The van der Waals surface area contributed by atoms with Crippen molar-refractivity contribution in [3.05, 3.63) is 66.1 Å². The molecule has 0 saturated carbocycles. The molecule has 0 spiro atoms. The number of carbonyl (C=O) groups is 2. The Bertz CT molecular complexity index is 916. The van der Waals surface area contributed by atoms with Gasteiger partial charge >= 0.3 is 6.03 Å². The van der Waals surface area contributed by atoms with Crippen molar-refractivity contribution in [2.75, 3.05) is 11.9 Å². The standard InChI is InChI=1S/C18H17N5O2/c24-17-16(13-5-1-2-6-14(13)21-17)22-18(25)19-9-8-12-11-23-10-4-3-7-15(23)20-12/h1-7,10-11,16H,8-9H2,(H,21,24)(H2,19,22,25)/t16-/m0/s1. The Balaban J connectivity index is 1.33. The number of fused-ring (bicyclic) bond motifs is 2. The molecular weight excluding hydrogens is 318 g/mol. The van der Waals surface area contributed by atoms with Gasteiger partial charge in [-0.2, -0.15) is 0 Å². The quantitative estimate of drug-likeness (QED) is 0.680. The van der Waals surface area contributed by atoms with E-state index in [-0.39, 0.29) is 11.9 Å². The molecule has 3 N–H and O–H groups in total. The lowest BCUT2D eigenvalue weighted by Crippen LogP contribution is -2.41. The van der Waals surface area contributed by atoms with E-state index in [0.29, 0.717) is 13.0 Å². The summed E-state index contributed by atoms with van der Waals surface area (Å²) in [5, 5.41) is 8.24. The largest absolute Gasteiger partial charge is 0.338 e. The molecule has 0 fully saturated rings. The molecule has 1 aromatic carbocycles. The maximum Gasteiger partial charge on any atom is 0.315 e. The number of hydrogen-bond donors (Lipinski definition) is 3. The van der Waals surface area contributed by atoms with Gasteiger partial charge in [0.25, 0.3) is 5.91 Å². The molecule has 0 saturated heterocycles. The predicted octanol–water partition coefficient (Wildman–Crippen LogP) is 1.87. The van der Waals surface area contributed by atoms with Gasteiger partial charge in [-0.1, -0.05) is 24.3 Å². The molecule has 7 heteroatoms. The number of amides is 3. The number of aromatic nitrogens is 2. The van der Waals surface area contributed by atoms with Crippen molar-refractivity contribution in [1.29, 1.82) is 0 Å². The average Bonchev–Trinajstić information content (AvgIpc) is 3.16. The molecule has 0 unspecified atom stereocenters. The first-order chi connectivity index (χ1) is 12.2. The van der Waals surface area contributed by atoms with Gasteiger partial charge in [0.05, 0.1) is 5.69 Å². The van der Waals surface area contributed by atoms with E-state index >= 15 is 0 Å². The van der Waals surface area contributed by atoms with Crippen LogP contribution in [-0.2, 0) is 11.2 Å². The molecule has 1 aliphatic heterocycles. The highest BCUT2D eigenvalue weighted by molar-refractivity contribution is 6.04. The molecule has 3 aromatic rings. The lowest BCUT2D eigenvalue weighted by Gasteiger charge is -2.12. The first-order valence-electron chi connectivity index (χ1n) is 8.07. The van der Waals surface area contributed by atoms with Crippen molar-refractivity contribution < 1.29 is 9.59 Å². The third-order valence-electron chi connectivity index (χ3n) is 4.15. The Labute approximate surface area is 144 Å².